The molecule has 1 N–H and O–H groups in total. The Kier molecular flexibility index (Phi) is 1.93. The fraction of sp³-hybridized carbons (Fsp3) is 0.889. The largest absolute Gasteiger partial charge is 0.391 e. The average molecular weight is 170 g/mol. The van der Waals surface area contributed by atoms with Crippen molar-refractivity contribution < 1.29 is 14.6 Å². The summed E-state index contributed by atoms with van der Waals surface area (Å²) in [7, 11) is 0. The zero-order valence-corrected chi connectivity index (χ0v) is 7.08. The van der Waals surface area contributed by atoms with Crippen molar-refractivity contribution in [1.29, 1.82) is 0 Å². The molecule has 0 radical (unpaired) electrons. The van der Waals surface area contributed by atoms with Crippen LogP contribution in [0.15, 0.2) is 0 Å². The van der Waals surface area contributed by atoms with Crippen molar-refractivity contribution in [2.45, 2.75) is 43.8 Å². The summed E-state index contributed by atoms with van der Waals surface area (Å²) in [5.74, 6) is 0.339. The van der Waals surface area contributed by atoms with Gasteiger partial charge >= 0.3 is 0 Å². The first-order chi connectivity index (χ1) is 5.70. The predicted molar refractivity (Wildman–Crippen MR) is 42.8 cm³/mol. The number of hydrogen-bond donors (Lipinski definition) is 1. The van der Waals surface area contributed by atoms with Gasteiger partial charge in [-0.2, -0.15) is 0 Å². The number of rotatable bonds is 0. The van der Waals surface area contributed by atoms with Crippen LogP contribution in [0.5, 0.6) is 0 Å². The molecule has 2 aliphatic rings. The van der Waals surface area contributed by atoms with Crippen molar-refractivity contribution in [3.8, 4) is 0 Å². The van der Waals surface area contributed by atoms with Crippen LogP contribution in [-0.2, 0) is 9.53 Å². The zero-order valence-electron chi connectivity index (χ0n) is 7.08. The maximum atomic E-state index is 11.0. The van der Waals surface area contributed by atoms with Crippen LogP contribution in [0.3, 0.4) is 0 Å². The predicted octanol–water partition coefficient (Wildman–Crippen LogP) is 0.649. The molecule has 0 aromatic rings. The van der Waals surface area contributed by atoms with E-state index in [9.17, 15) is 9.90 Å². The van der Waals surface area contributed by atoms with Crippen molar-refractivity contribution in [2.24, 2.45) is 0 Å². The second-order valence-corrected chi connectivity index (χ2v) is 3.89. The van der Waals surface area contributed by atoms with Crippen molar-refractivity contribution >= 4 is 5.78 Å². The van der Waals surface area contributed by atoms with Gasteiger partial charge in [-0.05, 0) is 12.8 Å². The molecule has 2 fully saturated rings. The molecular weight excluding hydrogens is 156 g/mol. The SMILES string of the molecule is O=C1CCC2(CC1)CC(O)CO2. The molecule has 12 heavy (non-hydrogen) atoms. The van der Waals surface area contributed by atoms with Gasteiger partial charge in [0, 0.05) is 19.3 Å². The fourth-order valence-electron chi connectivity index (χ4n) is 2.15. The molecule has 1 heterocycles. The van der Waals surface area contributed by atoms with Crippen molar-refractivity contribution in [2.75, 3.05) is 6.61 Å². The molecular formula is C9H14O3. The minimum atomic E-state index is -0.307. The number of carbonyl (C=O) groups is 1. The molecule has 0 amide bonds. The van der Waals surface area contributed by atoms with Crippen molar-refractivity contribution in [3.63, 3.8) is 0 Å². The van der Waals surface area contributed by atoms with Gasteiger partial charge in [-0.25, -0.2) is 0 Å². The van der Waals surface area contributed by atoms with E-state index in [-0.39, 0.29) is 11.7 Å². The minimum absolute atomic E-state index is 0.146. The highest BCUT2D eigenvalue weighted by Gasteiger charge is 2.42. The number of hydrogen-bond acceptors (Lipinski definition) is 3. The van der Waals surface area contributed by atoms with Gasteiger partial charge in [-0.3, -0.25) is 4.79 Å². The van der Waals surface area contributed by atoms with Crippen LogP contribution < -0.4 is 0 Å². The second kappa shape index (κ2) is 2.82. The monoisotopic (exact) mass is 170 g/mol. The Bertz CT molecular complexity index is 190. The zero-order chi connectivity index (χ0) is 8.60. The maximum Gasteiger partial charge on any atom is 0.133 e. The topological polar surface area (TPSA) is 46.5 Å². The van der Waals surface area contributed by atoms with Gasteiger partial charge in [-0.1, -0.05) is 0 Å². The fourth-order valence-corrected chi connectivity index (χ4v) is 2.15. The van der Waals surface area contributed by atoms with E-state index in [1.54, 1.807) is 0 Å². The van der Waals surface area contributed by atoms with Crippen molar-refractivity contribution in [3.05, 3.63) is 0 Å². The summed E-state index contributed by atoms with van der Waals surface area (Å²) in [6.45, 7) is 0.453. The van der Waals surface area contributed by atoms with Gasteiger partial charge in [0.15, 0.2) is 0 Å². The lowest BCUT2D eigenvalue weighted by molar-refractivity contribution is -0.126. The second-order valence-electron chi connectivity index (χ2n) is 3.89. The lowest BCUT2D eigenvalue weighted by atomic mass is 9.82. The first-order valence-corrected chi connectivity index (χ1v) is 4.54. The standard InChI is InChI=1S/C9H14O3/c10-7-1-3-9(4-2-7)5-8(11)6-12-9/h8,11H,1-6H2. The summed E-state index contributed by atoms with van der Waals surface area (Å²) >= 11 is 0. The number of aliphatic hydroxyl groups is 1. The highest BCUT2D eigenvalue weighted by atomic mass is 16.5. The number of ether oxygens (including phenoxy) is 1. The molecule has 1 atom stereocenters. The Morgan fingerprint density at radius 2 is 2.08 bits per heavy atom. The van der Waals surface area contributed by atoms with Gasteiger partial charge in [0.05, 0.1) is 18.3 Å². The molecule has 0 aromatic heterocycles. The normalized spacial score (nSPS) is 34.4. The van der Waals surface area contributed by atoms with E-state index in [1.807, 2.05) is 0 Å². The van der Waals surface area contributed by atoms with Gasteiger partial charge in [0.1, 0.15) is 5.78 Å². The minimum Gasteiger partial charge on any atom is -0.391 e. The summed E-state index contributed by atoms with van der Waals surface area (Å²) in [6, 6.07) is 0. The first-order valence-electron chi connectivity index (χ1n) is 4.54. The van der Waals surface area contributed by atoms with Gasteiger partial charge in [-0.15, -0.1) is 0 Å². The molecule has 68 valence electrons. The summed E-state index contributed by atoms with van der Waals surface area (Å²) in [5, 5.41) is 9.30. The third-order valence-corrected chi connectivity index (χ3v) is 2.91. The Labute approximate surface area is 71.7 Å². The van der Waals surface area contributed by atoms with Crippen LogP contribution in [0.1, 0.15) is 32.1 Å². The van der Waals surface area contributed by atoms with Crippen LogP contribution in [0.4, 0.5) is 0 Å². The molecule has 1 aliphatic carbocycles. The molecule has 0 aromatic carbocycles. The molecule has 2 rings (SSSR count). The summed E-state index contributed by atoms with van der Waals surface area (Å²) < 4.78 is 5.54. The van der Waals surface area contributed by atoms with Crippen LogP contribution in [0.25, 0.3) is 0 Å². The van der Waals surface area contributed by atoms with Crippen LogP contribution in [0.2, 0.25) is 0 Å². The Morgan fingerprint density at radius 1 is 1.42 bits per heavy atom. The van der Waals surface area contributed by atoms with Gasteiger partial charge < -0.3 is 9.84 Å². The Hall–Kier alpha value is -0.410. The number of ketones is 1. The van der Waals surface area contributed by atoms with Crippen molar-refractivity contribution in [1.82, 2.24) is 0 Å². The third kappa shape index (κ3) is 1.39. The van der Waals surface area contributed by atoms with E-state index in [1.165, 1.54) is 0 Å². The number of carbonyl (C=O) groups excluding carboxylic acids is 1. The molecule has 1 spiro atoms. The molecule has 1 unspecified atom stereocenters. The van der Waals surface area contributed by atoms with E-state index in [0.29, 0.717) is 25.2 Å². The lowest BCUT2D eigenvalue weighted by Crippen LogP contribution is -2.33. The van der Waals surface area contributed by atoms with E-state index in [0.717, 1.165) is 19.3 Å². The smallest absolute Gasteiger partial charge is 0.133 e. The van der Waals surface area contributed by atoms with Crippen LogP contribution in [-0.4, -0.2) is 29.2 Å². The summed E-state index contributed by atoms with van der Waals surface area (Å²) in [5.41, 5.74) is -0.146. The maximum absolute atomic E-state index is 11.0. The molecule has 0 bridgehead atoms. The van der Waals surface area contributed by atoms with Gasteiger partial charge in [0.2, 0.25) is 0 Å². The lowest BCUT2D eigenvalue weighted by Gasteiger charge is -2.31. The van der Waals surface area contributed by atoms with E-state index in [2.05, 4.69) is 0 Å². The van der Waals surface area contributed by atoms with Crippen LogP contribution in [0, 0.1) is 0 Å². The van der Waals surface area contributed by atoms with E-state index >= 15 is 0 Å². The van der Waals surface area contributed by atoms with E-state index in [4.69, 9.17) is 4.74 Å². The molecule has 1 aliphatic heterocycles. The molecule has 3 heteroatoms. The highest BCUT2D eigenvalue weighted by molar-refractivity contribution is 5.79. The number of Topliss-reactive ketones (excluding diaryl/α,β-unsaturated/α-hetero) is 1. The van der Waals surface area contributed by atoms with Crippen LogP contribution >= 0.6 is 0 Å². The average Bonchev–Trinajstić information content (AvgIpc) is 2.40. The Balaban J connectivity index is 1.99. The number of aliphatic hydroxyl groups excluding tert-OH is 1. The molecule has 1 saturated heterocycles. The highest BCUT2D eigenvalue weighted by Crippen LogP contribution is 2.38. The molecule has 1 saturated carbocycles. The quantitative estimate of drug-likeness (QED) is 0.580. The van der Waals surface area contributed by atoms with Gasteiger partial charge in [0.25, 0.3) is 0 Å². The third-order valence-electron chi connectivity index (χ3n) is 2.91. The summed E-state index contributed by atoms with van der Waals surface area (Å²) in [4.78, 5) is 11.0. The van der Waals surface area contributed by atoms with E-state index < -0.39 is 0 Å². The summed E-state index contributed by atoms with van der Waals surface area (Å²) in [6.07, 6.45) is 3.30. The molecule has 3 nitrogen and oxygen atoms in total. The first kappa shape index (κ1) is 8.20. The Morgan fingerprint density at radius 3 is 2.58 bits per heavy atom.